The van der Waals surface area contributed by atoms with Crippen LogP contribution in [0.25, 0.3) is 11.6 Å². The zero-order chi connectivity index (χ0) is 23.8. The topological polar surface area (TPSA) is 61.9 Å². The lowest BCUT2D eigenvalue weighted by Crippen LogP contribution is -2.45. The maximum atomic E-state index is 13.0. The van der Waals surface area contributed by atoms with Crippen LogP contribution in [0.1, 0.15) is 50.8 Å². The van der Waals surface area contributed by atoms with Gasteiger partial charge in [-0.25, -0.2) is 4.79 Å². The molecule has 2 aromatic rings. The molecule has 1 saturated heterocycles. The number of imide groups is 1. The number of amides is 3. The van der Waals surface area contributed by atoms with E-state index in [1.54, 1.807) is 13.2 Å². The van der Waals surface area contributed by atoms with Crippen molar-refractivity contribution in [2.75, 3.05) is 18.6 Å². The monoisotopic (exact) mass is 445 g/mol. The van der Waals surface area contributed by atoms with E-state index in [0.29, 0.717) is 5.75 Å². The molecule has 0 saturated carbocycles. The van der Waals surface area contributed by atoms with Gasteiger partial charge in [-0.3, -0.25) is 9.69 Å². The van der Waals surface area contributed by atoms with Gasteiger partial charge in [-0.05, 0) is 50.5 Å². The highest BCUT2D eigenvalue weighted by atomic mass is 16.5. The highest BCUT2D eigenvalue weighted by molar-refractivity contribution is 6.14. The summed E-state index contributed by atoms with van der Waals surface area (Å²) in [6.07, 6.45) is 5.02. The summed E-state index contributed by atoms with van der Waals surface area (Å²) >= 11 is 0. The summed E-state index contributed by atoms with van der Waals surface area (Å²) in [4.78, 5) is 29.1. The summed E-state index contributed by atoms with van der Waals surface area (Å²) < 4.78 is 5.71. The van der Waals surface area contributed by atoms with Crippen molar-refractivity contribution in [1.82, 2.24) is 10.2 Å². The van der Waals surface area contributed by atoms with Crippen molar-refractivity contribution in [3.05, 3.63) is 70.9 Å². The van der Waals surface area contributed by atoms with Gasteiger partial charge in [0.1, 0.15) is 11.4 Å². The molecule has 2 aromatic carbocycles. The molecule has 2 aliphatic heterocycles. The predicted octanol–water partition coefficient (Wildman–Crippen LogP) is 5.20. The van der Waals surface area contributed by atoms with Crippen molar-refractivity contribution in [2.45, 2.75) is 46.2 Å². The van der Waals surface area contributed by atoms with E-state index >= 15 is 0 Å². The van der Waals surface area contributed by atoms with Crippen molar-refractivity contribution < 1.29 is 14.3 Å². The quantitative estimate of drug-likeness (QED) is 0.490. The van der Waals surface area contributed by atoms with E-state index in [-0.39, 0.29) is 23.7 Å². The zero-order valence-corrected chi connectivity index (χ0v) is 19.9. The number of benzene rings is 2. The lowest BCUT2D eigenvalue weighted by molar-refractivity contribution is -0.123. The van der Waals surface area contributed by atoms with Crippen LogP contribution in [0.3, 0.4) is 0 Å². The summed E-state index contributed by atoms with van der Waals surface area (Å²) in [6, 6.07) is 13.1. The summed E-state index contributed by atoms with van der Waals surface area (Å²) in [6.45, 7) is 9.87. The van der Waals surface area contributed by atoms with Gasteiger partial charge in [-0.15, -0.1) is 0 Å². The van der Waals surface area contributed by atoms with Crippen LogP contribution in [0.4, 0.5) is 10.5 Å². The van der Waals surface area contributed by atoms with Gasteiger partial charge in [0.15, 0.2) is 0 Å². The van der Waals surface area contributed by atoms with Crippen molar-refractivity contribution in [3.8, 4) is 5.75 Å². The first-order chi connectivity index (χ1) is 15.7. The maximum Gasteiger partial charge on any atom is 0.329 e. The number of hydrogen-bond acceptors (Lipinski definition) is 4. The van der Waals surface area contributed by atoms with Crippen LogP contribution in [0.5, 0.6) is 5.75 Å². The molecule has 0 aliphatic carbocycles. The predicted molar refractivity (Wildman–Crippen MR) is 132 cm³/mol. The number of urea groups is 1. The van der Waals surface area contributed by atoms with Gasteiger partial charge in [0.05, 0.1) is 19.2 Å². The second-order valence-electron chi connectivity index (χ2n) is 9.11. The van der Waals surface area contributed by atoms with Crippen LogP contribution >= 0.6 is 0 Å². The van der Waals surface area contributed by atoms with Gasteiger partial charge in [0, 0.05) is 29.4 Å². The molecule has 1 fully saturated rings. The van der Waals surface area contributed by atoms with Crippen LogP contribution in [-0.4, -0.2) is 36.0 Å². The molecule has 3 amide bonds. The first-order valence-electron chi connectivity index (χ1n) is 11.3. The molecule has 0 spiro atoms. The Morgan fingerprint density at radius 3 is 2.52 bits per heavy atom. The first kappa shape index (κ1) is 22.6. The van der Waals surface area contributed by atoms with Crippen molar-refractivity contribution in [1.29, 1.82) is 0 Å². The molecule has 2 heterocycles. The Morgan fingerprint density at radius 2 is 1.85 bits per heavy atom. The Hall–Kier alpha value is -3.54. The molecule has 172 valence electrons. The fourth-order valence-corrected chi connectivity index (χ4v) is 4.68. The molecule has 33 heavy (non-hydrogen) atoms. The fraction of sp³-hybridized carbons (Fsp3) is 0.333. The number of allylic oxidation sites excluding steroid dienone is 1. The third-order valence-electron chi connectivity index (χ3n) is 6.22. The molecule has 4 rings (SSSR count). The third-order valence-corrected chi connectivity index (χ3v) is 6.22. The van der Waals surface area contributed by atoms with Gasteiger partial charge in [-0.1, -0.05) is 43.3 Å². The maximum absolute atomic E-state index is 13.0. The van der Waals surface area contributed by atoms with E-state index < -0.39 is 6.03 Å². The van der Waals surface area contributed by atoms with E-state index in [1.807, 2.05) is 42.5 Å². The smallest absolute Gasteiger partial charge is 0.329 e. The molecule has 0 radical (unpaired) electrons. The first-order valence-corrected chi connectivity index (χ1v) is 11.3. The van der Waals surface area contributed by atoms with E-state index in [1.165, 1.54) is 10.5 Å². The highest BCUT2D eigenvalue weighted by Crippen LogP contribution is 2.42. The number of fused-ring (bicyclic) bond motifs is 1. The fourth-order valence-electron chi connectivity index (χ4n) is 4.68. The third kappa shape index (κ3) is 4.25. The van der Waals surface area contributed by atoms with Crippen LogP contribution in [-0.2, 0) is 11.3 Å². The summed E-state index contributed by atoms with van der Waals surface area (Å²) in [7, 11) is 1.63. The lowest BCUT2D eigenvalue weighted by atomic mass is 9.87. The summed E-state index contributed by atoms with van der Waals surface area (Å²) in [5.41, 5.74) is 5.19. The number of nitrogens with one attached hydrogen (secondary N) is 1. The normalized spacial score (nSPS) is 18.3. The second-order valence-corrected chi connectivity index (χ2v) is 9.11. The molecule has 6 nitrogen and oxygen atoms in total. The summed E-state index contributed by atoms with van der Waals surface area (Å²) in [5.74, 6) is 0.320. The van der Waals surface area contributed by atoms with Crippen LogP contribution in [0.15, 0.2) is 54.2 Å². The number of carbonyl (C=O) groups excluding carboxylic acids is 2. The van der Waals surface area contributed by atoms with Crippen LogP contribution < -0.4 is 15.0 Å². The van der Waals surface area contributed by atoms with E-state index in [4.69, 9.17) is 4.74 Å². The van der Waals surface area contributed by atoms with Gasteiger partial charge in [0.25, 0.3) is 5.91 Å². The Bertz CT molecular complexity index is 1150. The molecular weight excluding hydrogens is 414 g/mol. The van der Waals surface area contributed by atoms with Crippen LogP contribution in [0, 0.1) is 0 Å². The van der Waals surface area contributed by atoms with E-state index in [9.17, 15) is 9.59 Å². The molecule has 1 N–H and O–H groups in total. The van der Waals surface area contributed by atoms with Crippen molar-refractivity contribution in [3.63, 3.8) is 0 Å². The average Bonchev–Trinajstić information content (AvgIpc) is 3.04. The standard InChI is InChI=1S/C27H31N3O3/c1-6-12-30-23-15-24(33-5)20(13-21(23)18(2)16-27(30,3)4)14-22-25(31)29(26(32)28-22)17-19-10-8-7-9-11-19/h7-11,13-16H,6,12,17H2,1-5H3,(H,28,32)/b22-14+. The Labute approximate surface area is 195 Å². The molecular formula is C27H31N3O3. The minimum absolute atomic E-state index is 0.106. The van der Waals surface area contributed by atoms with Crippen LogP contribution in [0.2, 0.25) is 0 Å². The average molecular weight is 446 g/mol. The molecule has 0 unspecified atom stereocenters. The van der Waals surface area contributed by atoms with E-state index in [0.717, 1.165) is 35.3 Å². The Morgan fingerprint density at radius 1 is 1.12 bits per heavy atom. The molecule has 6 heteroatoms. The number of rotatable bonds is 6. The number of hydrogen-bond donors (Lipinski definition) is 1. The minimum atomic E-state index is -0.418. The lowest BCUT2D eigenvalue weighted by Gasteiger charge is -2.43. The van der Waals surface area contributed by atoms with E-state index in [2.05, 4.69) is 44.0 Å². The zero-order valence-electron chi connectivity index (χ0n) is 19.9. The van der Waals surface area contributed by atoms with Gasteiger partial charge < -0.3 is 15.0 Å². The van der Waals surface area contributed by atoms with Crippen molar-refractivity contribution in [2.24, 2.45) is 0 Å². The minimum Gasteiger partial charge on any atom is -0.496 e. The number of anilines is 1. The van der Waals surface area contributed by atoms with Crippen molar-refractivity contribution >= 4 is 29.3 Å². The Kier molecular flexibility index (Phi) is 6.02. The molecule has 0 bridgehead atoms. The largest absolute Gasteiger partial charge is 0.496 e. The second kappa shape index (κ2) is 8.77. The SMILES string of the molecule is CCCN1c2cc(OC)c(/C=C3/NC(=O)N(Cc4ccccc4)C3=O)cc2C(C)=CC1(C)C. The number of nitrogens with zero attached hydrogens (tertiary/aromatic N) is 2. The van der Waals surface area contributed by atoms with Gasteiger partial charge in [-0.2, -0.15) is 0 Å². The van der Waals surface area contributed by atoms with Gasteiger partial charge in [0.2, 0.25) is 0 Å². The molecule has 2 aliphatic rings. The van der Waals surface area contributed by atoms with Gasteiger partial charge >= 0.3 is 6.03 Å². The molecule has 0 atom stereocenters. The number of methoxy groups -OCH3 is 1. The molecule has 0 aromatic heterocycles. The number of ether oxygens (including phenoxy) is 1. The number of carbonyl (C=O) groups is 2. The summed E-state index contributed by atoms with van der Waals surface area (Å²) in [5, 5.41) is 2.73. The Balaban J connectivity index is 1.71. The highest BCUT2D eigenvalue weighted by Gasteiger charge is 2.35.